The molecule has 1 atom stereocenters. The Bertz CT molecular complexity index is 1180. The molecular formula is C28H33NO6S2. The van der Waals surface area contributed by atoms with Gasteiger partial charge in [0, 0.05) is 0 Å². The number of carbonyl (C=O) groups excluding carboxylic acids is 1. The standard InChI is InChI=1S/C28H33NO6S2/c1-4-6-7-8-9-10-18(3)35-23-14-11-19(15-24(23)34-5-2)16-25-26(31)29(28(36)37-25)20-12-13-22(30)21(17-20)27(32)33/h11-18,30H,4-10H2,1-3H3,(H,32,33). The number of unbranched alkanes of at least 4 members (excludes halogenated alkanes) is 4. The third-order valence-corrected chi connectivity index (χ3v) is 7.17. The molecule has 0 radical (unpaired) electrons. The maximum Gasteiger partial charge on any atom is 0.339 e. The minimum atomic E-state index is -1.29. The lowest BCUT2D eigenvalue weighted by Gasteiger charge is -2.18. The first-order chi connectivity index (χ1) is 17.7. The summed E-state index contributed by atoms with van der Waals surface area (Å²) in [4.78, 5) is 26.2. The van der Waals surface area contributed by atoms with Gasteiger partial charge in [0.05, 0.1) is 23.3 Å². The number of benzene rings is 2. The summed E-state index contributed by atoms with van der Waals surface area (Å²) in [5.74, 6) is -0.773. The van der Waals surface area contributed by atoms with Gasteiger partial charge >= 0.3 is 5.97 Å². The van der Waals surface area contributed by atoms with Gasteiger partial charge in [0.25, 0.3) is 5.91 Å². The van der Waals surface area contributed by atoms with Crippen LogP contribution in [0.15, 0.2) is 41.3 Å². The van der Waals surface area contributed by atoms with Crippen molar-refractivity contribution < 1.29 is 29.3 Å². The lowest BCUT2D eigenvalue weighted by Crippen LogP contribution is -2.27. The van der Waals surface area contributed by atoms with Crippen molar-refractivity contribution >= 4 is 51.9 Å². The zero-order valence-corrected chi connectivity index (χ0v) is 23.0. The van der Waals surface area contributed by atoms with Crippen LogP contribution in [0.1, 0.15) is 75.2 Å². The Kier molecular flexibility index (Phi) is 10.4. The summed E-state index contributed by atoms with van der Waals surface area (Å²) in [6.45, 7) is 6.65. The number of carboxylic acid groups (broad SMARTS) is 1. The molecule has 198 valence electrons. The Hall–Kier alpha value is -3.04. The smallest absolute Gasteiger partial charge is 0.339 e. The van der Waals surface area contributed by atoms with Crippen LogP contribution in [0.2, 0.25) is 0 Å². The van der Waals surface area contributed by atoms with Gasteiger partial charge < -0.3 is 19.7 Å². The minimum Gasteiger partial charge on any atom is -0.507 e. The molecule has 1 aliphatic rings. The van der Waals surface area contributed by atoms with E-state index < -0.39 is 5.97 Å². The van der Waals surface area contributed by atoms with Crippen LogP contribution >= 0.6 is 24.0 Å². The average Bonchev–Trinajstić information content (AvgIpc) is 3.13. The number of anilines is 1. The molecule has 1 unspecified atom stereocenters. The van der Waals surface area contributed by atoms with Gasteiger partial charge in [0.2, 0.25) is 0 Å². The molecule has 2 aromatic carbocycles. The highest BCUT2D eigenvalue weighted by atomic mass is 32.2. The summed E-state index contributed by atoms with van der Waals surface area (Å²) in [7, 11) is 0. The number of carboxylic acids is 1. The highest BCUT2D eigenvalue weighted by Gasteiger charge is 2.34. The molecule has 1 fully saturated rings. The summed E-state index contributed by atoms with van der Waals surface area (Å²) in [5.41, 5.74) is 0.728. The van der Waals surface area contributed by atoms with Crippen molar-refractivity contribution in [2.45, 2.75) is 65.4 Å². The SMILES string of the molecule is CCCCCCCC(C)Oc1ccc(C=C2SC(=S)N(c3ccc(O)c(C(=O)O)c3)C2=O)cc1OCC. The second-order valence-electron chi connectivity index (χ2n) is 8.79. The van der Waals surface area contributed by atoms with E-state index in [4.69, 9.17) is 21.7 Å². The molecule has 2 N–H and O–H groups in total. The first-order valence-electron chi connectivity index (χ1n) is 12.5. The number of amides is 1. The van der Waals surface area contributed by atoms with Crippen LogP contribution in [-0.4, -0.2) is 39.1 Å². The number of ether oxygens (including phenoxy) is 2. The largest absolute Gasteiger partial charge is 0.507 e. The highest BCUT2D eigenvalue weighted by Crippen LogP contribution is 2.38. The van der Waals surface area contributed by atoms with Crippen LogP contribution in [-0.2, 0) is 4.79 Å². The Labute approximate surface area is 227 Å². The lowest BCUT2D eigenvalue weighted by molar-refractivity contribution is -0.113. The fourth-order valence-electron chi connectivity index (χ4n) is 3.97. The van der Waals surface area contributed by atoms with Crippen molar-refractivity contribution in [1.29, 1.82) is 0 Å². The van der Waals surface area contributed by atoms with E-state index in [1.54, 1.807) is 6.08 Å². The normalized spacial score (nSPS) is 15.3. The molecule has 3 rings (SSSR count). The van der Waals surface area contributed by atoms with Gasteiger partial charge in [0.1, 0.15) is 11.3 Å². The highest BCUT2D eigenvalue weighted by molar-refractivity contribution is 8.27. The zero-order chi connectivity index (χ0) is 26.9. The van der Waals surface area contributed by atoms with Crippen molar-refractivity contribution in [3.8, 4) is 17.2 Å². The Morgan fingerprint density at radius 1 is 1.11 bits per heavy atom. The number of carbonyl (C=O) groups is 2. The molecule has 0 aliphatic carbocycles. The summed E-state index contributed by atoms with van der Waals surface area (Å²) >= 11 is 6.53. The van der Waals surface area contributed by atoms with Crippen molar-refractivity contribution in [3.05, 3.63) is 52.4 Å². The third-order valence-electron chi connectivity index (χ3n) is 5.87. The monoisotopic (exact) mass is 543 g/mol. The van der Waals surface area contributed by atoms with E-state index >= 15 is 0 Å². The predicted octanol–water partition coefficient (Wildman–Crippen LogP) is 7.02. The van der Waals surface area contributed by atoms with Gasteiger partial charge in [-0.25, -0.2) is 4.79 Å². The first kappa shape index (κ1) is 28.5. The number of nitrogens with zero attached hydrogens (tertiary/aromatic N) is 1. The van der Waals surface area contributed by atoms with Crippen LogP contribution in [0.5, 0.6) is 17.2 Å². The lowest BCUT2D eigenvalue weighted by atomic mass is 10.1. The maximum absolute atomic E-state index is 13.2. The quantitative estimate of drug-likeness (QED) is 0.158. The molecule has 2 aromatic rings. The maximum atomic E-state index is 13.2. The third kappa shape index (κ3) is 7.49. The van der Waals surface area contributed by atoms with Crippen LogP contribution in [0.4, 0.5) is 5.69 Å². The Morgan fingerprint density at radius 3 is 2.57 bits per heavy atom. The van der Waals surface area contributed by atoms with E-state index in [1.165, 1.54) is 48.8 Å². The number of aromatic hydroxyl groups is 1. The molecule has 0 bridgehead atoms. The molecule has 1 saturated heterocycles. The average molecular weight is 544 g/mol. The Balaban J connectivity index is 1.76. The second kappa shape index (κ2) is 13.5. The van der Waals surface area contributed by atoms with Crippen molar-refractivity contribution in [1.82, 2.24) is 0 Å². The van der Waals surface area contributed by atoms with Crippen molar-refractivity contribution in [3.63, 3.8) is 0 Å². The number of phenols is 1. The summed E-state index contributed by atoms with van der Waals surface area (Å²) in [6, 6.07) is 9.48. The minimum absolute atomic E-state index is 0.0592. The number of hydrogen-bond donors (Lipinski definition) is 2. The van der Waals surface area contributed by atoms with Crippen LogP contribution in [0, 0.1) is 0 Å². The molecule has 0 spiro atoms. The summed E-state index contributed by atoms with van der Waals surface area (Å²) in [5, 5.41) is 19.1. The van der Waals surface area contributed by atoms with Gasteiger partial charge in [-0.1, -0.05) is 62.7 Å². The van der Waals surface area contributed by atoms with Gasteiger partial charge in [-0.05, 0) is 68.7 Å². The van der Waals surface area contributed by atoms with E-state index in [-0.39, 0.29) is 33.3 Å². The van der Waals surface area contributed by atoms with Gasteiger partial charge in [-0.15, -0.1) is 0 Å². The van der Waals surface area contributed by atoms with Gasteiger partial charge in [0.15, 0.2) is 15.8 Å². The predicted molar refractivity (Wildman–Crippen MR) is 152 cm³/mol. The fraction of sp³-hybridized carbons (Fsp3) is 0.393. The molecule has 1 heterocycles. The molecule has 1 amide bonds. The molecule has 1 aliphatic heterocycles. The number of thiocarbonyl (C=S) groups is 1. The van der Waals surface area contributed by atoms with Crippen molar-refractivity contribution in [2.75, 3.05) is 11.5 Å². The number of rotatable bonds is 13. The van der Waals surface area contributed by atoms with Crippen LogP contribution < -0.4 is 14.4 Å². The summed E-state index contributed by atoms with van der Waals surface area (Å²) in [6.07, 6.45) is 8.83. The first-order valence-corrected chi connectivity index (χ1v) is 13.7. The number of aromatic carboxylic acids is 1. The van der Waals surface area contributed by atoms with E-state index in [2.05, 4.69) is 13.8 Å². The van der Waals surface area contributed by atoms with Crippen LogP contribution in [0.25, 0.3) is 6.08 Å². The van der Waals surface area contributed by atoms with Gasteiger partial charge in [-0.3, -0.25) is 9.69 Å². The van der Waals surface area contributed by atoms with E-state index in [9.17, 15) is 19.8 Å². The molecule has 9 heteroatoms. The molecule has 7 nitrogen and oxygen atoms in total. The summed E-state index contributed by atoms with van der Waals surface area (Å²) < 4.78 is 12.3. The Morgan fingerprint density at radius 2 is 1.86 bits per heavy atom. The zero-order valence-electron chi connectivity index (χ0n) is 21.4. The fourth-order valence-corrected chi connectivity index (χ4v) is 5.27. The molecule has 0 saturated carbocycles. The van der Waals surface area contributed by atoms with E-state index in [0.29, 0.717) is 23.0 Å². The van der Waals surface area contributed by atoms with Crippen molar-refractivity contribution in [2.24, 2.45) is 0 Å². The van der Waals surface area contributed by atoms with Crippen LogP contribution in [0.3, 0.4) is 0 Å². The number of hydrogen-bond acceptors (Lipinski definition) is 7. The molecule has 37 heavy (non-hydrogen) atoms. The topological polar surface area (TPSA) is 96.3 Å². The second-order valence-corrected chi connectivity index (χ2v) is 10.5. The molecular weight excluding hydrogens is 510 g/mol. The van der Waals surface area contributed by atoms with E-state index in [1.807, 2.05) is 25.1 Å². The van der Waals surface area contributed by atoms with E-state index in [0.717, 1.165) is 30.2 Å². The molecule has 0 aromatic heterocycles. The number of thioether (sulfide) groups is 1. The van der Waals surface area contributed by atoms with Gasteiger partial charge in [-0.2, -0.15) is 0 Å².